The van der Waals surface area contributed by atoms with E-state index in [2.05, 4.69) is 29.7 Å². The monoisotopic (exact) mass is 504 g/mol. The number of fused-ring (bicyclic) bond motifs is 1. The highest BCUT2D eigenvalue weighted by atomic mass is 32.1. The summed E-state index contributed by atoms with van der Waals surface area (Å²) in [4.78, 5) is 33.3. The Morgan fingerprint density at radius 3 is 2.75 bits per heavy atom. The number of aryl methyl sites for hydroxylation is 1. The lowest BCUT2D eigenvalue weighted by atomic mass is 10.2. The van der Waals surface area contributed by atoms with E-state index in [1.165, 1.54) is 16.9 Å². The molecule has 0 aliphatic carbocycles. The fraction of sp³-hybridized carbons (Fsp3) is 0.296. The molecule has 1 aliphatic rings. The first-order valence-corrected chi connectivity index (χ1v) is 12.7. The lowest BCUT2D eigenvalue weighted by Gasteiger charge is -2.14. The number of benzene rings is 1. The van der Waals surface area contributed by atoms with Gasteiger partial charge in [-0.2, -0.15) is 0 Å². The van der Waals surface area contributed by atoms with Gasteiger partial charge in [0.25, 0.3) is 5.91 Å². The fourth-order valence-corrected chi connectivity index (χ4v) is 5.30. The first-order valence-electron chi connectivity index (χ1n) is 11.9. The van der Waals surface area contributed by atoms with E-state index in [4.69, 9.17) is 14.5 Å². The molecule has 36 heavy (non-hydrogen) atoms. The molecule has 0 bridgehead atoms. The van der Waals surface area contributed by atoms with E-state index in [9.17, 15) is 9.59 Å². The van der Waals surface area contributed by atoms with Crippen molar-refractivity contribution in [1.82, 2.24) is 9.55 Å². The summed E-state index contributed by atoms with van der Waals surface area (Å²) in [5.74, 6) is -0.859. The number of hydrogen-bond donors (Lipinski definition) is 2. The van der Waals surface area contributed by atoms with E-state index >= 15 is 0 Å². The quantitative estimate of drug-likeness (QED) is 0.319. The van der Waals surface area contributed by atoms with Crippen LogP contribution in [-0.4, -0.2) is 41.2 Å². The van der Waals surface area contributed by atoms with Crippen LogP contribution in [0.15, 0.2) is 54.7 Å². The number of nitrogens with one attached hydrogen (secondary N) is 2. The molecule has 0 saturated carbocycles. The van der Waals surface area contributed by atoms with E-state index < -0.39 is 5.97 Å². The molecular formula is C27H28N4O4S. The maximum Gasteiger partial charge on any atom is 0.356 e. The van der Waals surface area contributed by atoms with Crippen LogP contribution in [0.25, 0.3) is 11.0 Å². The number of carbonyl (C=O) groups excluding carboxylic acids is 2. The molecular weight excluding hydrogens is 476 g/mol. The number of thiophene rings is 1. The van der Waals surface area contributed by atoms with E-state index in [-0.39, 0.29) is 17.7 Å². The van der Waals surface area contributed by atoms with Gasteiger partial charge in [0, 0.05) is 33.9 Å². The van der Waals surface area contributed by atoms with Crippen LogP contribution in [0.5, 0.6) is 0 Å². The molecule has 9 heteroatoms. The van der Waals surface area contributed by atoms with Gasteiger partial charge in [-0.05, 0) is 50.1 Å². The third-order valence-electron chi connectivity index (χ3n) is 6.22. The Hall–Kier alpha value is -3.69. The molecule has 0 spiro atoms. The summed E-state index contributed by atoms with van der Waals surface area (Å²) >= 11 is 1.73. The predicted molar refractivity (Wildman–Crippen MR) is 141 cm³/mol. The Morgan fingerprint density at radius 1 is 1.22 bits per heavy atom. The smallest absolute Gasteiger partial charge is 0.356 e. The van der Waals surface area contributed by atoms with Crippen LogP contribution < -0.4 is 10.6 Å². The number of anilines is 2. The van der Waals surface area contributed by atoms with Gasteiger partial charge in [0.1, 0.15) is 5.65 Å². The van der Waals surface area contributed by atoms with E-state index in [0.717, 1.165) is 18.5 Å². The second-order valence-electron chi connectivity index (χ2n) is 8.74. The van der Waals surface area contributed by atoms with Crippen molar-refractivity contribution in [3.8, 4) is 0 Å². The highest BCUT2D eigenvalue weighted by molar-refractivity contribution is 7.11. The summed E-state index contributed by atoms with van der Waals surface area (Å²) in [6.45, 7) is 3.86. The first-order chi connectivity index (χ1) is 17.5. The summed E-state index contributed by atoms with van der Waals surface area (Å²) in [5, 5.41) is 7.03. The standard InChI is InChI=1S/C27H28N4O4S/c1-17-10-11-21(36-17)15-28-19-13-22-23(30-26(32)18-7-4-3-5-8-18)24(27(33)34-2)31(25(22)29-14-19)16-20-9-6-12-35-20/h3-5,7-8,10-11,13-14,20,28H,6,9,12,15-16H2,1-2H3,(H,30,32). The highest BCUT2D eigenvalue weighted by Crippen LogP contribution is 2.34. The maximum absolute atomic E-state index is 13.1. The van der Waals surface area contributed by atoms with Crippen molar-refractivity contribution in [2.75, 3.05) is 24.4 Å². The van der Waals surface area contributed by atoms with Gasteiger partial charge in [-0.25, -0.2) is 9.78 Å². The topological polar surface area (TPSA) is 94.5 Å². The number of rotatable bonds is 8. The average Bonchev–Trinajstić information content (AvgIpc) is 3.63. The van der Waals surface area contributed by atoms with Crippen LogP contribution >= 0.6 is 11.3 Å². The van der Waals surface area contributed by atoms with E-state index in [1.54, 1.807) is 41.8 Å². The molecule has 0 radical (unpaired) electrons. The SMILES string of the molecule is COC(=O)c1c(NC(=O)c2ccccc2)c2cc(NCc3ccc(C)s3)cnc2n1CC1CCCO1. The van der Waals surface area contributed by atoms with Crippen molar-refractivity contribution < 1.29 is 19.1 Å². The van der Waals surface area contributed by atoms with Crippen LogP contribution in [0, 0.1) is 6.92 Å². The van der Waals surface area contributed by atoms with Crippen molar-refractivity contribution in [3.05, 3.63) is 75.7 Å². The molecule has 1 atom stereocenters. The van der Waals surface area contributed by atoms with Crippen molar-refractivity contribution in [1.29, 1.82) is 0 Å². The van der Waals surface area contributed by atoms with E-state index in [0.29, 0.717) is 42.0 Å². The predicted octanol–water partition coefficient (Wildman–Crippen LogP) is 5.24. The maximum atomic E-state index is 13.1. The molecule has 1 aliphatic heterocycles. The van der Waals surface area contributed by atoms with Crippen LogP contribution in [0.4, 0.5) is 11.4 Å². The zero-order valence-electron chi connectivity index (χ0n) is 20.2. The number of esters is 1. The molecule has 2 N–H and O–H groups in total. The molecule has 4 aromatic rings. The van der Waals surface area contributed by atoms with Gasteiger partial charge >= 0.3 is 5.97 Å². The van der Waals surface area contributed by atoms with Crippen LogP contribution in [0.2, 0.25) is 0 Å². The lowest BCUT2D eigenvalue weighted by molar-refractivity contribution is 0.0580. The second-order valence-corrected chi connectivity index (χ2v) is 10.1. The Morgan fingerprint density at radius 2 is 2.06 bits per heavy atom. The number of ether oxygens (including phenoxy) is 2. The van der Waals surface area contributed by atoms with Gasteiger partial charge in [0.15, 0.2) is 5.69 Å². The molecule has 1 saturated heterocycles. The zero-order chi connectivity index (χ0) is 25.1. The van der Waals surface area contributed by atoms with E-state index in [1.807, 2.05) is 16.7 Å². The summed E-state index contributed by atoms with van der Waals surface area (Å²) < 4.78 is 12.8. The van der Waals surface area contributed by atoms with Crippen molar-refractivity contribution in [2.45, 2.75) is 39.0 Å². The Labute approximate surface area is 213 Å². The molecule has 1 aromatic carbocycles. The van der Waals surface area contributed by atoms with Crippen molar-refractivity contribution in [3.63, 3.8) is 0 Å². The Bertz CT molecular complexity index is 1390. The van der Waals surface area contributed by atoms with Gasteiger partial charge in [-0.1, -0.05) is 18.2 Å². The lowest BCUT2D eigenvalue weighted by Crippen LogP contribution is -2.21. The fourth-order valence-electron chi connectivity index (χ4n) is 4.47. The van der Waals surface area contributed by atoms with Gasteiger partial charge in [-0.3, -0.25) is 4.79 Å². The molecule has 1 fully saturated rings. The van der Waals surface area contributed by atoms with Crippen molar-refractivity contribution >= 4 is 45.6 Å². The minimum atomic E-state index is -0.544. The summed E-state index contributed by atoms with van der Waals surface area (Å²) in [6, 6.07) is 15.0. The second kappa shape index (κ2) is 10.5. The number of carbonyl (C=O) groups is 2. The molecule has 1 unspecified atom stereocenters. The summed E-state index contributed by atoms with van der Waals surface area (Å²) in [5.41, 5.74) is 2.50. The number of hydrogen-bond acceptors (Lipinski definition) is 7. The molecule has 4 heterocycles. The third kappa shape index (κ3) is 4.98. The summed E-state index contributed by atoms with van der Waals surface area (Å²) in [7, 11) is 1.34. The van der Waals surface area contributed by atoms with Gasteiger partial charge in [-0.15, -0.1) is 11.3 Å². The number of methoxy groups -OCH3 is 1. The largest absolute Gasteiger partial charge is 0.464 e. The van der Waals surface area contributed by atoms with Crippen LogP contribution in [-0.2, 0) is 22.6 Å². The third-order valence-corrected chi connectivity index (χ3v) is 7.23. The molecule has 1 amide bonds. The number of aromatic nitrogens is 2. The molecule has 5 rings (SSSR count). The molecule has 8 nitrogen and oxygen atoms in total. The normalized spacial score (nSPS) is 15.2. The molecule has 186 valence electrons. The number of nitrogens with zero attached hydrogens (tertiary/aromatic N) is 2. The van der Waals surface area contributed by atoms with Gasteiger partial charge in [0.2, 0.25) is 0 Å². The molecule has 3 aromatic heterocycles. The zero-order valence-corrected chi connectivity index (χ0v) is 21.1. The van der Waals surface area contributed by atoms with Crippen LogP contribution in [0.1, 0.15) is 43.4 Å². The highest BCUT2D eigenvalue weighted by Gasteiger charge is 2.29. The van der Waals surface area contributed by atoms with Gasteiger partial charge < -0.3 is 24.7 Å². The minimum Gasteiger partial charge on any atom is -0.464 e. The van der Waals surface area contributed by atoms with Crippen LogP contribution in [0.3, 0.4) is 0 Å². The van der Waals surface area contributed by atoms with Crippen molar-refractivity contribution in [2.24, 2.45) is 0 Å². The average molecular weight is 505 g/mol. The Balaban J connectivity index is 1.57. The Kier molecular flexibility index (Phi) is 7.02. The number of pyridine rings is 1. The van der Waals surface area contributed by atoms with Gasteiger partial charge in [0.05, 0.1) is 37.3 Å². The number of amides is 1. The summed E-state index contributed by atoms with van der Waals surface area (Å²) in [6.07, 6.45) is 3.58. The first kappa shape index (κ1) is 24.0. The minimum absolute atomic E-state index is 0.0386.